The molecule has 5 nitrogen and oxygen atoms in total. The van der Waals surface area contributed by atoms with Crippen LogP contribution in [0.4, 0.5) is 0 Å². The van der Waals surface area contributed by atoms with Crippen molar-refractivity contribution >= 4 is 16.9 Å². The van der Waals surface area contributed by atoms with Crippen LogP contribution in [0.2, 0.25) is 0 Å². The lowest BCUT2D eigenvalue weighted by atomic mass is 10.0. The Morgan fingerprint density at radius 3 is 2.50 bits per heavy atom. The Bertz CT molecular complexity index is 798. The molecular formula is C15H10N2O3. The summed E-state index contributed by atoms with van der Waals surface area (Å²) in [6.07, 6.45) is 3.01. The average Bonchev–Trinajstić information content (AvgIpc) is 2.46. The van der Waals surface area contributed by atoms with Gasteiger partial charge in [-0.15, -0.1) is 0 Å². The van der Waals surface area contributed by atoms with Crippen LogP contribution in [0.1, 0.15) is 10.4 Å². The normalized spacial score (nSPS) is 10.6. The number of hydrogen-bond acceptors (Lipinski definition) is 4. The van der Waals surface area contributed by atoms with E-state index < -0.39 is 5.97 Å². The van der Waals surface area contributed by atoms with Gasteiger partial charge in [-0.1, -0.05) is 6.07 Å². The van der Waals surface area contributed by atoms with Gasteiger partial charge in [0.15, 0.2) is 0 Å². The molecule has 2 aromatic heterocycles. The monoisotopic (exact) mass is 266 g/mol. The van der Waals surface area contributed by atoms with E-state index in [0.29, 0.717) is 10.9 Å². The zero-order chi connectivity index (χ0) is 14.1. The number of rotatable bonds is 2. The van der Waals surface area contributed by atoms with Crippen LogP contribution in [0.3, 0.4) is 0 Å². The Morgan fingerprint density at radius 1 is 1.00 bits per heavy atom. The maximum atomic E-state index is 11.2. The molecule has 2 N–H and O–H groups in total. The molecule has 0 radical (unpaired) electrons. The van der Waals surface area contributed by atoms with Crippen molar-refractivity contribution in [2.75, 3.05) is 0 Å². The minimum absolute atomic E-state index is 0.0533. The fraction of sp³-hybridized carbons (Fsp3) is 0. The molecule has 0 unspecified atom stereocenters. The van der Waals surface area contributed by atoms with E-state index in [1.54, 1.807) is 18.2 Å². The third-order valence-electron chi connectivity index (χ3n) is 3.05. The standard InChI is InChI=1S/C15H10N2O3/c18-14-4-2-10(8-17-14)9-1-3-13-12(7-9)11(15(19)20)5-6-16-13/h1-8H,(H,17,18)(H,19,20). The van der Waals surface area contributed by atoms with Crippen LogP contribution >= 0.6 is 0 Å². The molecule has 0 fully saturated rings. The van der Waals surface area contributed by atoms with E-state index in [-0.39, 0.29) is 11.4 Å². The maximum Gasteiger partial charge on any atom is 0.336 e. The van der Waals surface area contributed by atoms with Gasteiger partial charge < -0.3 is 10.2 Å². The van der Waals surface area contributed by atoms with E-state index in [9.17, 15) is 15.0 Å². The quantitative estimate of drug-likeness (QED) is 0.745. The van der Waals surface area contributed by atoms with Gasteiger partial charge in [-0.3, -0.25) is 4.98 Å². The minimum atomic E-state index is -0.988. The van der Waals surface area contributed by atoms with Gasteiger partial charge in [0.25, 0.3) is 0 Å². The summed E-state index contributed by atoms with van der Waals surface area (Å²) in [4.78, 5) is 19.2. The first-order valence-corrected chi connectivity index (χ1v) is 5.92. The summed E-state index contributed by atoms with van der Waals surface area (Å²) in [6.45, 7) is 0. The van der Waals surface area contributed by atoms with Crippen LogP contribution in [0.5, 0.6) is 5.88 Å². The Labute approximate surface area is 114 Å². The average molecular weight is 266 g/mol. The topological polar surface area (TPSA) is 83.3 Å². The first-order valence-electron chi connectivity index (χ1n) is 5.92. The van der Waals surface area contributed by atoms with Crippen molar-refractivity contribution in [2.45, 2.75) is 0 Å². The number of carbonyl (C=O) groups is 1. The number of pyridine rings is 2. The van der Waals surface area contributed by atoms with Crippen molar-refractivity contribution in [1.82, 2.24) is 9.97 Å². The summed E-state index contributed by atoms with van der Waals surface area (Å²) in [6, 6.07) is 10.1. The number of aromatic carboxylic acids is 1. The van der Waals surface area contributed by atoms with Crippen molar-refractivity contribution in [1.29, 1.82) is 0 Å². The smallest absolute Gasteiger partial charge is 0.336 e. The molecule has 0 aliphatic carbocycles. The highest BCUT2D eigenvalue weighted by molar-refractivity contribution is 6.03. The van der Waals surface area contributed by atoms with Crippen molar-refractivity contribution in [2.24, 2.45) is 0 Å². The van der Waals surface area contributed by atoms with Gasteiger partial charge in [0.1, 0.15) is 0 Å². The molecule has 0 aliphatic rings. The van der Waals surface area contributed by atoms with E-state index in [2.05, 4.69) is 9.97 Å². The van der Waals surface area contributed by atoms with Gasteiger partial charge in [0.2, 0.25) is 5.88 Å². The van der Waals surface area contributed by atoms with Gasteiger partial charge in [0.05, 0.1) is 11.1 Å². The van der Waals surface area contributed by atoms with Crippen LogP contribution in [-0.2, 0) is 0 Å². The van der Waals surface area contributed by atoms with Crippen LogP contribution in [0, 0.1) is 0 Å². The molecule has 0 saturated carbocycles. The zero-order valence-corrected chi connectivity index (χ0v) is 10.3. The summed E-state index contributed by atoms with van der Waals surface area (Å²) >= 11 is 0. The van der Waals surface area contributed by atoms with Crippen molar-refractivity contribution in [3.8, 4) is 17.0 Å². The van der Waals surface area contributed by atoms with Crippen molar-refractivity contribution < 1.29 is 15.0 Å². The van der Waals surface area contributed by atoms with Crippen LogP contribution in [0.25, 0.3) is 22.0 Å². The molecule has 0 atom stereocenters. The maximum absolute atomic E-state index is 11.2. The Kier molecular flexibility index (Phi) is 2.80. The number of benzene rings is 1. The molecule has 3 aromatic rings. The lowest BCUT2D eigenvalue weighted by Gasteiger charge is -2.05. The first-order chi connectivity index (χ1) is 9.65. The highest BCUT2D eigenvalue weighted by Crippen LogP contribution is 2.25. The van der Waals surface area contributed by atoms with Crippen LogP contribution in [-0.4, -0.2) is 26.2 Å². The summed E-state index contributed by atoms with van der Waals surface area (Å²) in [7, 11) is 0. The minimum Gasteiger partial charge on any atom is -0.493 e. The Balaban J connectivity index is 2.21. The van der Waals surface area contributed by atoms with Crippen LogP contribution < -0.4 is 0 Å². The Hall–Kier alpha value is -2.95. The molecule has 0 amide bonds. The van der Waals surface area contributed by atoms with Gasteiger partial charge >= 0.3 is 5.97 Å². The molecular weight excluding hydrogens is 256 g/mol. The van der Waals surface area contributed by atoms with Gasteiger partial charge in [-0.2, -0.15) is 0 Å². The predicted molar refractivity (Wildman–Crippen MR) is 73.6 cm³/mol. The molecule has 0 spiro atoms. The number of fused-ring (bicyclic) bond motifs is 1. The third kappa shape index (κ3) is 2.05. The highest BCUT2D eigenvalue weighted by atomic mass is 16.4. The number of aromatic hydroxyl groups is 1. The van der Waals surface area contributed by atoms with Crippen molar-refractivity contribution in [3.63, 3.8) is 0 Å². The molecule has 0 bridgehead atoms. The fourth-order valence-electron chi connectivity index (χ4n) is 2.07. The van der Waals surface area contributed by atoms with Gasteiger partial charge in [-0.25, -0.2) is 9.78 Å². The first kappa shape index (κ1) is 12.1. The second-order valence-electron chi connectivity index (χ2n) is 4.30. The molecule has 0 saturated heterocycles. The van der Waals surface area contributed by atoms with E-state index >= 15 is 0 Å². The fourth-order valence-corrected chi connectivity index (χ4v) is 2.07. The second kappa shape index (κ2) is 4.62. The number of aromatic nitrogens is 2. The summed E-state index contributed by atoms with van der Waals surface area (Å²) in [5.41, 5.74) is 2.45. The van der Waals surface area contributed by atoms with E-state index in [4.69, 9.17) is 0 Å². The van der Waals surface area contributed by atoms with Gasteiger partial charge in [-0.05, 0) is 29.8 Å². The molecule has 20 heavy (non-hydrogen) atoms. The summed E-state index contributed by atoms with van der Waals surface area (Å²) < 4.78 is 0. The number of nitrogens with zero attached hydrogens (tertiary/aromatic N) is 2. The van der Waals surface area contributed by atoms with E-state index in [1.807, 2.05) is 6.07 Å². The van der Waals surface area contributed by atoms with E-state index in [0.717, 1.165) is 11.1 Å². The number of carboxylic acids is 1. The highest BCUT2D eigenvalue weighted by Gasteiger charge is 2.10. The summed E-state index contributed by atoms with van der Waals surface area (Å²) in [5.74, 6) is -1.04. The summed E-state index contributed by atoms with van der Waals surface area (Å²) in [5, 5.41) is 19.0. The zero-order valence-electron chi connectivity index (χ0n) is 10.3. The molecule has 0 aliphatic heterocycles. The number of carboxylic acid groups (broad SMARTS) is 1. The third-order valence-corrected chi connectivity index (χ3v) is 3.05. The Morgan fingerprint density at radius 2 is 1.80 bits per heavy atom. The number of hydrogen-bond donors (Lipinski definition) is 2. The lowest BCUT2D eigenvalue weighted by molar-refractivity contribution is 0.0699. The molecule has 5 heteroatoms. The second-order valence-corrected chi connectivity index (χ2v) is 4.30. The molecule has 1 aromatic carbocycles. The van der Waals surface area contributed by atoms with Gasteiger partial charge in [0, 0.05) is 29.4 Å². The SMILES string of the molecule is O=C(O)c1ccnc2ccc(-c3ccc(O)nc3)cc12. The van der Waals surface area contributed by atoms with Crippen LogP contribution in [0.15, 0.2) is 48.8 Å². The van der Waals surface area contributed by atoms with Crippen molar-refractivity contribution in [3.05, 3.63) is 54.4 Å². The molecule has 2 heterocycles. The molecule has 98 valence electrons. The predicted octanol–water partition coefficient (Wildman–Crippen LogP) is 2.70. The molecule has 3 rings (SSSR count). The van der Waals surface area contributed by atoms with E-state index in [1.165, 1.54) is 24.5 Å². The lowest BCUT2D eigenvalue weighted by Crippen LogP contribution is -1.98. The largest absolute Gasteiger partial charge is 0.493 e.